The minimum absolute atomic E-state index is 0.0125. The third-order valence-corrected chi connectivity index (χ3v) is 4.24. The molecule has 0 saturated carbocycles. The van der Waals surface area contributed by atoms with Crippen LogP contribution in [0.3, 0.4) is 0 Å². The third kappa shape index (κ3) is 2.89. The van der Waals surface area contributed by atoms with Crippen LogP contribution in [0.1, 0.15) is 5.01 Å². The summed E-state index contributed by atoms with van der Waals surface area (Å²) < 4.78 is 37.6. The van der Waals surface area contributed by atoms with E-state index in [1.165, 1.54) is 4.90 Å². The van der Waals surface area contributed by atoms with E-state index in [-0.39, 0.29) is 17.6 Å². The van der Waals surface area contributed by atoms with E-state index in [1.54, 1.807) is 4.90 Å². The van der Waals surface area contributed by atoms with E-state index in [9.17, 15) is 18.0 Å². The van der Waals surface area contributed by atoms with Crippen molar-refractivity contribution in [3.05, 3.63) is 35.3 Å². The number of carbonyl (C=O) groups excluding carboxylic acids is 1. The quantitative estimate of drug-likeness (QED) is 0.849. The van der Waals surface area contributed by atoms with Gasteiger partial charge in [-0.05, 0) is 12.1 Å². The van der Waals surface area contributed by atoms with Crippen molar-refractivity contribution in [3.8, 4) is 0 Å². The van der Waals surface area contributed by atoms with E-state index in [0.29, 0.717) is 24.4 Å². The highest BCUT2D eigenvalue weighted by Crippen LogP contribution is 2.34. The van der Waals surface area contributed by atoms with Gasteiger partial charge in [-0.25, -0.2) is 0 Å². The molecule has 3 rings (SSSR count). The van der Waals surface area contributed by atoms with Gasteiger partial charge in [0.1, 0.15) is 0 Å². The Labute approximate surface area is 128 Å². The van der Waals surface area contributed by atoms with E-state index in [4.69, 9.17) is 0 Å². The highest BCUT2D eigenvalue weighted by Gasteiger charge is 2.37. The lowest BCUT2D eigenvalue weighted by Gasteiger charge is -2.33. The van der Waals surface area contributed by atoms with E-state index >= 15 is 0 Å². The number of benzene rings is 1. The van der Waals surface area contributed by atoms with Gasteiger partial charge >= 0.3 is 6.18 Å². The standard InChI is InChI=1S/C13H11F3N4OS/c14-13(15,16)11-17-18-12(22-11)19-6-7-20(10(21)8-19)9-4-2-1-3-5-9/h1-5H,6-8H2. The largest absolute Gasteiger partial charge is 0.445 e. The van der Waals surface area contributed by atoms with Gasteiger partial charge in [0.25, 0.3) is 0 Å². The molecule has 0 unspecified atom stereocenters. The first-order chi connectivity index (χ1) is 10.4. The summed E-state index contributed by atoms with van der Waals surface area (Å²) in [6, 6.07) is 9.15. The smallest absolute Gasteiger partial charge is 0.336 e. The molecule has 0 bridgehead atoms. The number of anilines is 2. The molecule has 0 spiro atoms. The predicted molar refractivity (Wildman–Crippen MR) is 75.9 cm³/mol. The predicted octanol–water partition coefficient (Wildman–Crippen LogP) is 2.41. The molecule has 0 aliphatic carbocycles. The van der Waals surface area contributed by atoms with Crippen molar-refractivity contribution in [2.24, 2.45) is 0 Å². The zero-order chi connectivity index (χ0) is 15.7. The summed E-state index contributed by atoms with van der Waals surface area (Å²) in [6.45, 7) is 0.790. The van der Waals surface area contributed by atoms with Gasteiger partial charge in [-0.3, -0.25) is 4.79 Å². The van der Waals surface area contributed by atoms with Gasteiger partial charge in [0, 0.05) is 18.8 Å². The molecule has 0 atom stereocenters. The van der Waals surface area contributed by atoms with Gasteiger partial charge < -0.3 is 9.80 Å². The molecule has 1 aliphatic heterocycles. The molecule has 22 heavy (non-hydrogen) atoms. The first kappa shape index (κ1) is 14.8. The number of para-hydroxylation sites is 1. The average Bonchev–Trinajstić information content (AvgIpc) is 2.98. The van der Waals surface area contributed by atoms with Crippen molar-refractivity contribution < 1.29 is 18.0 Å². The summed E-state index contributed by atoms with van der Waals surface area (Å²) in [4.78, 5) is 15.3. The molecule has 0 N–H and O–H groups in total. The summed E-state index contributed by atoms with van der Waals surface area (Å²) >= 11 is 0.453. The fourth-order valence-corrected chi connectivity index (χ4v) is 2.91. The van der Waals surface area contributed by atoms with Gasteiger partial charge in [-0.1, -0.05) is 29.5 Å². The molecule has 5 nitrogen and oxygen atoms in total. The van der Waals surface area contributed by atoms with Crippen LogP contribution in [0, 0.1) is 0 Å². The van der Waals surface area contributed by atoms with Crippen molar-refractivity contribution >= 4 is 28.1 Å². The number of nitrogens with zero attached hydrogens (tertiary/aromatic N) is 4. The number of hydrogen-bond donors (Lipinski definition) is 0. The molecular formula is C13H11F3N4OS. The highest BCUT2D eigenvalue weighted by molar-refractivity contribution is 7.15. The van der Waals surface area contributed by atoms with Gasteiger partial charge in [0.2, 0.25) is 16.0 Å². The summed E-state index contributed by atoms with van der Waals surface area (Å²) in [6.07, 6.45) is -4.51. The molecule has 1 saturated heterocycles. The summed E-state index contributed by atoms with van der Waals surface area (Å²) in [5.74, 6) is -0.179. The molecular weight excluding hydrogens is 317 g/mol. The van der Waals surface area contributed by atoms with Crippen LogP contribution in [0.5, 0.6) is 0 Å². The van der Waals surface area contributed by atoms with Gasteiger partial charge in [-0.15, -0.1) is 10.2 Å². The lowest BCUT2D eigenvalue weighted by atomic mass is 10.2. The van der Waals surface area contributed by atoms with Crippen molar-refractivity contribution in [2.45, 2.75) is 6.18 Å². The van der Waals surface area contributed by atoms with Crippen LogP contribution in [-0.2, 0) is 11.0 Å². The summed E-state index contributed by atoms with van der Waals surface area (Å²) in [5.41, 5.74) is 0.778. The van der Waals surface area contributed by atoms with Crippen LogP contribution in [0.25, 0.3) is 0 Å². The SMILES string of the molecule is O=C1CN(c2nnc(C(F)(F)F)s2)CCN1c1ccccc1. The molecule has 9 heteroatoms. The van der Waals surface area contributed by atoms with Crippen LogP contribution in [0.2, 0.25) is 0 Å². The van der Waals surface area contributed by atoms with Crippen molar-refractivity contribution in [3.63, 3.8) is 0 Å². The number of halogens is 3. The molecule has 1 aromatic heterocycles. The number of alkyl halides is 3. The van der Waals surface area contributed by atoms with Crippen LogP contribution in [-0.4, -0.2) is 35.7 Å². The second kappa shape index (κ2) is 5.56. The molecule has 2 heterocycles. The summed E-state index contributed by atoms with van der Waals surface area (Å²) in [5, 5.41) is 5.80. The Morgan fingerprint density at radius 1 is 1.09 bits per heavy atom. The van der Waals surface area contributed by atoms with Gasteiger partial charge in [0.05, 0.1) is 6.54 Å². The number of carbonyl (C=O) groups is 1. The number of rotatable bonds is 2. The second-order valence-electron chi connectivity index (χ2n) is 4.69. The fourth-order valence-electron chi connectivity index (χ4n) is 2.18. The molecule has 1 fully saturated rings. The molecule has 1 amide bonds. The maximum atomic E-state index is 12.5. The number of hydrogen-bond acceptors (Lipinski definition) is 5. The molecule has 1 aromatic carbocycles. The van der Waals surface area contributed by atoms with Crippen molar-refractivity contribution in [2.75, 3.05) is 29.4 Å². The third-order valence-electron chi connectivity index (χ3n) is 3.22. The number of amides is 1. The normalized spacial score (nSPS) is 16.2. The van der Waals surface area contributed by atoms with Gasteiger partial charge in [-0.2, -0.15) is 13.2 Å². The number of aromatic nitrogens is 2. The van der Waals surface area contributed by atoms with Crippen LogP contribution < -0.4 is 9.80 Å². The zero-order valence-electron chi connectivity index (χ0n) is 11.2. The lowest BCUT2D eigenvalue weighted by Crippen LogP contribution is -2.50. The Hall–Kier alpha value is -2.16. The minimum Gasteiger partial charge on any atom is -0.336 e. The highest BCUT2D eigenvalue weighted by atomic mass is 32.1. The fraction of sp³-hybridized carbons (Fsp3) is 0.308. The van der Waals surface area contributed by atoms with Crippen LogP contribution >= 0.6 is 11.3 Å². The Kier molecular flexibility index (Phi) is 3.73. The monoisotopic (exact) mass is 328 g/mol. The first-order valence-electron chi connectivity index (χ1n) is 6.46. The minimum atomic E-state index is -4.51. The van der Waals surface area contributed by atoms with Crippen LogP contribution in [0.4, 0.5) is 24.0 Å². The second-order valence-corrected chi connectivity index (χ2v) is 5.65. The van der Waals surface area contributed by atoms with E-state index in [1.807, 2.05) is 30.3 Å². The van der Waals surface area contributed by atoms with E-state index in [0.717, 1.165) is 5.69 Å². The Bertz CT molecular complexity index is 673. The average molecular weight is 328 g/mol. The Morgan fingerprint density at radius 2 is 1.82 bits per heavy atom. The van der Waals surface area contributed by atoms with Crippen molar-refractivity contribution in [1.29, 1.82) is 0 Å². The van der Waals surface area contributed by atoms with E-state index in [2.05, 4.69) is 10.2 Å². The van der Waals surface area contributed by atoms with E-state index < -0.39 is 11.2 Å². The Morgan fingerprint density at radius 3 is 2.41 bits per heavy atom. The number of piperazine rings is 1. The summed E-state index contributed by atoms with van der Waals surface area (Å²) in [7, 11) is 0. The first-order valence-corrected chi connectivity index (χ1v) is 7.28. The Balaban J connectivity index is 1.73. The molecule has 116 valence electrons. The van der Waals surface area contributed by atoms with Gasteiger partial charge in [0.15, 0.2) is 0 Å². The van der Waals surface area contributed by atoms with Crippen LogP contribution in [0.15, 0.2) is 30.3 Å². The molecule has 0 radical (unpaired) electrons. The molecule has 1 aliphatic rings. The lowest BCUT2D eigenvalue weighted by molar-refractivity contribution is -0.138. The maximum absolute atomic E-state index is 12.5. The maximum Gasteiger partial charge on any atom is 0.445 e. The molecule has 2 aromatic rings. The zero-order valence-corrected chi connectivity index (χ0v) is 12.1. The van der Waals surface area contributed by atoms with Crippen molar-refractivity contribution in [1.82, 2.24) is 10.2 Å². The topological polar surface area (TPSA) is 49.3 Å².